The zero-order valence-electron chi connectivity index (χ0n) is 12.1. The number of carbonyl (C=O) groups excluding carboxylic acids is 1. The van der Waals surface area contributed by atoms with E-state index < -0.39 is 0 Å². The van der Waals surface area contributed by atoms with Gasteiger partial charge in [-0.15, -0.1) is 0 Å². The smallest absolute Gasteiger partial charge is 0.293 e. The van der Waals surface area contributed by atoms with Gasteiger partial charge in [-0.1, -0.05) is 25.1 Å². The summed E-state index contributed by atoms with van der Waals surface area (Å²) in [6.07, 6.45) is 2.39. The zero-order valence-corrected chi connectivity index (χ0v) is 12.1. The first-order valence-electron chi connectivity index (χ1n) is 6.77. The van der Waals surface area contributed by atoms with Crippen LogP contribution in [-0.2, 0) is 17.8 Å². The van der Waals surface area contributed by atoms with Crippen LogP contribution in [-0.4, -0.2) is 17.6 Å². The Labute approximate surface area is 123 Å². The number of para-hydroxylation sites is 1. The first kappa shape index (κ1) is 14.8. The Kier molecular flexibility index (Phi) is 4.77. The summed E-state index contributed by atoms with van der Waals surface area (Å²) < 4.78 is 6.28. The number of rotatable bonds is 5. The Balaban J connectivity index is 2.14. The van der Waals surface area contributed by atoms with E-state index in [1.165, 1.54) is 11.7 Å². The number of aryl methyl sites for hydroxylation is 1. The highest BCUT2D eigenvalue weighted by atomic mass is 16.5. The number of methoxy groups -OCH3 is 1. The van der Waals surface area contributed by atoms with Gasteiger partial charge >= 0.3 is 0 Å². The molecule has 0 atom stereocenters. The summed E-state index contributed by atoms with van der Waals surface area (Å²) in [5, 5.41) is 2.84. The molecule has 110 valence electrons. The van der Waals surface area contributed by atoms with Gasteiger partial charge in [0.25, 0.3) is 5.56 Å². The SMILES string of the molecule is CCc1ccccc1NC(=O)Cn1cccc(OC)c1=O. The number of nitrogens with zero attached hydrogens (tertiary/aromatic N) is 1. The summed E-state index contributed by atoms with van der Waals surface area (Å²) >= 11 is 0. The van der Waals surface area contributed by atoms with Crippen LogP contribution in [0.15, 0.2) is 47.4 Å². The highest BCUT2D eigenvalue weighted by Gasteiger charge is 2.09. The molecule has 1 heterocycles. The van der Waals surface area contributed by atoms with Crippen molar-refractivity contribution in [1.29, 1.82) is 0 Å². The summed E-state index contributed by atoms with van der Waals surface area (Å²) in [6, 6.07) is 10.9. The number of nitrogens with one attached hydrogen (secondary N) is 1. The lowest BCUT2D eigenvalue weighted by Gasteiger charge is -2.11. The van der Waals surface area contributed by atoms with Gasteiger partial charge in [-0.3, -0.25) is 9.59 Å². The van der Waals surface area contributed by atoms with Gasteiger partial charge in [0, 0.05) is 11.9 Å². The second-order valence-electron chi connectivity index (χ2n) is 4.57. The van der Waals surface area contributed by atoms with Gasteiger partial charge in [-0.05, 0) is 30.2 Å². The summed E-state index contributed by atoms with van der Waals surface area (Å²) in [4.78, 5) is 24.1. The second-order valence-corrected chi connectivity index (χ2v) is 4.57. The molecule has 0 fully saturated rings. The van der Waals surface area contributed by atoms with E-state index in [2.05, 4.69) is 5.32 Å². The number of hydrogen-bond donors (Lipinski definition) is 1. The van der Waals surface area contributed by atoms with Crippen LogP contribution in [0.3, 0.4) is 0 Å². The van der Waals surface area contributed by atoms with Crippen molar-refractivity contribution in [1.82, 2.24) is 4.57 Å². The van der Waals surface area contributed by atoms with Crippen molar-refractivity contribution in [2.24, 2.45) is 0 Å². The monoisotopic (exact) mass is 286 g/mol. The van der Waals surface area contributed by atoms with Gasteiger partial charge in [0.15, 0.2) is 5.75 Å². The summed E-state index contributed by atoms with van der Waals surface area (Å²) in [6.45, 7) is 1.98. The third-order valence-corrected chi connectivity index (χ3v) is 3.19. The van der Waals surface area contributed by atoms with Crippen molar-refractivity contribution in [2.45, 2.75) is 19.9 Å². The topological polar surface area (TPSA) is 60.3 Å². The van der Waals surface area contributed by atoms with Crippen molar-refractivity contribution < 1.29 is 9.53 Å². The first-order valence-corrected chi connectivity index (χ1v) is 6.77. The summed E-state index contributed by atoms with van der Waals surface area (Å²) in [7, 11) is 1.43. The van der Waals surface area contributed by atoms with E-state index in [0.717, 1.165) is 17.7 Å². The van der Waals surface area contributed by atoms with E-state index in [4.69, 9.17) is 4.74 Å². The third-order valence-electron chi connectivity index (χ3n) is 3.19. The Hall–Kier alpha value is -2.56. The maximum atomic E-state index is 12.1. The molecule has 0 aliphatic rings. The molecule has 1 aromatic heterocycles. The minimum absolute atomic E-state index is 0.0475. The predicted octanol–water partition coefficient (Wildman–Crippen LogP) is 2.06. The molecule has 1 aromatic carbocycles. The number of pyridine rings is 1. The highest BCUT2D eigenvalue weighted by Crippen LogP contribution is 2.15. The molecule has 1 amide bonds. The molecule has 5 nitrogen and oxygen atoms in total. The van der Waals surface area contributed by atoms with Crippen LogP contribution in [0.5, 0.6) is 5.75 Å². The standard InChI is InChI=1S/C16H18N2O3/c1-3-12-7-4-5-8-13(12)17-15(19)11-18-10-6-9-14(21-2)16(18)20/h4-10H,3,11H2,1-2H3,(H,17,19). The molecule has 0 aliphatic heterocycles. The fourth-order valence-electron chi connectivity index (χ4n) is 2.09. The first-order chi connectivity index (χ1) is 10.2. The van der Waals surface area contributed by atoms with Gasteiger partial charge in [-0.25, -0.2) is 0 Å². The Bertz CT molecular complexity index is 692. The maximum Gasteiger partial charge on any atom is 0.293 e. The molecule has 0 spiro atoms. The molecule has 2 rings (SSSR count). The minimum atomic E-state index is -0.320. The van der Waals surface area contributed by atoms with E-state index in [9.17, 15) is 9.59 Å². The van der Waals surface area contributed by atoms with E-state index in [1.54, 1.807) is 18.3 Å². The van der Waals surface area contributed by atoms with Crippen molar-refractivity contribution in [3.8, 4) is 5.75 Å². The quantitative estimate of drug-likeness (QED) is 0.915. The molecule has 0 saturated carbocycles. The van der Waals surface area contributed by atoms with Gasteiger partial charge < -0.3 is 14.6 Å². The van der Waals surface area contributed by atoms with Crippen LogP contribution in [0, 0.1) is 0 Å². The number of amides is 1. The number of benzene rings is 1. The molecule has 0 saturated heterocycles. The largest absolute Gasteiger partial charge is 0.491 e. The average Bonchev–Trinajstić information content (AvgIpc) is 2.50. The van der Waals surface area contributed by atoms with Crippen LogP contribution >= 0.6 is 0 Å². The van der Waals surface area contributed by atoms with Crippen molar-refractivity contribution in [2.75, 3.05) is 12.4 Å². The summed E-state index contributed by atoms with van der Waals surface area (Å²) in [5.74, 6) is -0.0227. The van der Waals surface area contributed by atoms with Crippen LogP contribution in [0.4, 0.5) is 5.69 Å². The predicted molar refractivity (Wildman–Crippen MR) is 81.7 cm³/mol. The molecular weight excluding hydrogens is 268 g/mol. The van der Waals surface area contributed by atoms with E-state index in [-0.39, 0.29) is 23.8 Å². The fraction of sp³-hybridized carbons (Fsp3) is 0.250. The molecule has 2 aromatic rings. The Morgan fingerprint density at radius 3 is 2.71 bits per heavy atom. The van der Waals surface area contributed by atoms with Crippen LogP contribution in [0.25, 0.3) is 0 Å². The molecule has 0 radical (unpaired) electrons. The van der Waals surface area contributed by atoms with Gasteiger partial charge in [0.1, 0.15) is 6.54 Å². The molecule has 21 heavy (non-hydrogen) atoms. The number of hydrogen-bond acceptors (Lipinski definition) is 3. The fourth-order valence-corrected chi connectivity index (χ4v) is 2.09. The average molecular weight is 286 g/mol. The Morgan fingerprint density at radius 2 is 2.00 bits per heavy atom. The lowest BCUT2D eigenvalue weighted by Crippen LogP contribution is -2.27. The van der Waals surface area contributed by atoms with Crippen molar-refractivity contribution in [3.05, 3.63) is 58.5 Å². The van der Waals surface area contributed by atoms with E-state index in [0.29, 0.717) is 0 Å². The lowest BCUT2D eigenvalue weighted by atomic mass is 10.1. The van der Waals surface area contributed by atoms with Crippen molar-refractivity contribution >= 4 is 11.6 Å². The van der Waals surface area contributed by atoms with Crippen molar-refractivity contribution in [3.63, 3.8) is 0 Å². The van der Waals surface area contributed by atoms with Gasteiger partial charge in [0.05, 0.1) is 7.11 Å². The molecule has 1 N–H and O–H groups in total. The molecule has 5 heteroatoms. The number of aromatic nitrogens is 1. The normalized spacial score (nSPS) is 10.2. The van der Waals surface area contributed by atoms with Crippen LogP contribution in [0.1, 0.15) is 12.5 Å². The van der Waals surface area contributed by atoms with Gasteiger partial charge in [-0.2, -0.15) is 0 Å². The minimum Gasteiger partial charge on any atom is -0.491 e. The third kappa shape index (κ3) is 3.51. The number of ether oxygens (including phenoxy) is 1. The Morgan fingerprint density at radius 1 is 1.24 bits per heavy atom. The molecule has 0 unspecified atom stereocenters. The molecular formula is C16H18N2O3. The maximum absolute atomic E-state index is 12.1. The van der Waals surface area contributed by atoms with E-state index >= 15 is 0 Å². The van der Waals surface area contributed by atoms with Crippen LogP contribution < -0.4 is 15.6 Å². The number of anilines is 1. The van der Waals surface area contributed by atoms with Gasteiger partial charge in [0.2, 0.25) is 5.91 Å². The number of carbonyl (C=O) groups is 1. The molecule has 0 aliphatic carbocycles. The highest BCUT2D eigenvalue weighted by molar-refractivity contribution is 5.91. The van der Waals surface area contributed by atoms with E-state index in [1.807, 2.05) is 31.2 Å². The zero-order chi connectivity index (χ0) is 15.2. The summed E-state index contributed by atoms with van der Waals surface area (Å²) in [5.41, 5.74) is 1.52. The van der Waals surface area contributed by atoms with Crippen LogP contribution in [0.2, 0.25) is 0 Å². The second kappa shape index (κ2) is 6.74. The molecule has 0 bridgehead atoms. The lowest BCUT2D eigenvalue weighted by molar-refractivity contribution is -0.116.